The Labute approximate surface area is 130 Å². The first-order valence-electron chi connectivity index (χ1n) is 6.28. The molecule has 1 N–H and O–H groups in total. The quantitative estimate of drug-likeness (QED) is 0.510. The van der Waals surface area contributed by atoms with Crippen molar-refractivity contribution in [2.45, 2.75) is 6.04 Å². The Morgan fingerprint density at radius 1 is 1.19 bits per heavy atom. The number of hydrogen-bond acceptors (Lipinski definition) is 3. The second kappa shape index (κ2) is 6.99. The molecule has 6 heteroatoms. The molecule has 0 spiro atoms. The zero-order chi connectivity index (χ0) is 15.2. The van der Waals surface area contributed by atoms with Gasteiger partial charge in [0.1, 0.15) is 0 Å². The van der Waals surface area contributed by atoms with Gasteiger partial charge in [0.05, 0.1) is 11.0 Å². The van der Waals surface area contributed by atoms with Crippen LogP contribution >= 0.6 is 15.9 Å². The number of nitrogens with zero attached hydrogens (tertiary/aromatic N) is 1. The van der Waals surface area contributed by atoms with E-state index in [0.29, 0.717) is 5.33 Å². The van der Waals surface area contributed by atoms with E-state index in [4.69, 9.17) is 0 Å². The summed E-state index contributed by atoms with van der Waals surface area (Å²) in [5, 5.41) is 14.2. The topological polar surface area (TPSA) is 72.2 Å². The summed E-state index contributed by atoms with van der Waals surface area (Å²) in [7, 11) is 0. The molecule has 0 saturated carbocycles. The van der Waals surface area contributed by atoms with E-state index in [2.05, 4.69) is 21.2 Å². The molecular weight excluding hydrogens is 336 g/mol. The van der Waals surface area contributed by atoms with Gasteiger partial charge in [0.2, 0.25) is 0 Å². The number of amides is 1. The van der Waals surface area contributed by atoms with Crippen LogP contribution in [-0.4, -0.2) is 16.2 Å². The number of carbonyl (C=O) groups excluding carboxylic acids is 1. The van der Waals surface area contributed by atoms with Gasteiger partial charge in [-0.25, -0.2) is 0 Å². The Kier molecular flexibility index (Phi) is 5.05. The minimum atomic E-state index is -0.518. The number of benzene rings is 2. The molecule has 0 radical (unpaired) electrons. The maximum atomic E-state index is 12.2. The molecule has 0 aliphatic heterocycles. The van der Waals surface area contributed by atoms with Crippen molar-refractivity contribution in [2.24, 2.45) is 0 Å². The van der Waals surface area contributed by atoms with Gasteiger partial charge in [0.25, 0.3) is 11.6 Å². The number of non-ortho nitro benzene ring substituents is 1. The predicted molar refractivity (Wildman–Crippen MR) is 83.5 cm³/mol. The van der Waals surface area contributed by atoms with E-state index in [0.717, 1.165) is 5.56 Å². The maximum Gasteiger partial charge on any atom is 0.270 e. The number of nitro benzene ring substituents is 1. The molecule has 0 aliphatic rings. The van der Waals surface area contributed by atoms with Crippen molar-refractivity contribution in [3.63, 3.8) is 0 Å². The summed E-state index contributed by atoms with van der Waals surface area (Å²) in [5.41, 5.74) is 1.14. The monoisotopic (exact) mass is 348 g/mol. The summed E-state index contributed by atoms with van der Waals surface area (Å²) in [6.45, 7) is 0. The van der Waals surface area contributed by atoms with Gasteiger partial charge in [-0.2, -0.15) is 0 Å². The number of rotatable bonds is 5. The molecule has 0 saturated heterocycles. The van der Waals surface area contributed by atoms with Crippen molar-refractivity contribution < 1.29 is 9.72 Å². The zero-order valence-corrected chi connectivity index (χ0v) is 12.6. The van der Waals surface area contributed by atoms with Gasteiger partial charge in [0.15, 0.2) is 0 Å². The van der Waals surface area contributed by atoms with E-state index in [1.165, 1.54) is 18.2 Å². The second-order valence-corrected chi connectivity index (χ2v) is 5.05. The number of nitro groups is 1. The third-order valence-corrected chi connectivity index (χ3v) is 3.63. The van der Waals surface area contributed by atoms with Gasteiger partial charge in [-0.1, -0.05) is 52.3 Å². The first-order valence-corrected chi connectivity index (χ1v) is 7.40. The average molecular weight is 349 g/mol. The predicted octanol–water partition coefficient (Wildman–Crippen LogP) is 3.46. The highest BCUT2D eigenvalue weighted by Crippen LogP contribution is 2.17. The van der Waals surface area contributed by atoms with Crippen molar-refractivity contribution in [1.29, 1.82) is 0 Å². The largest absolute Gasteiger partial charge is 0.344 e. The van der Waals surface area contributed by atoms with Crippen molar-refractivity contribution in [1.82, 2.24) is 5.32 Å². The Morgan fingerprint density at radius 3 is 2.52 bits per heavy atom. The van der Waals surface area contributed by atoms with Crippen LogP contribution in [0.5, 0.6) is 0 Å². The average Bonchev–Trinajstić information content (AvgIpc) is 2.53. The highest BCUT2D eigenvalue weighted by molar-refractivity contribution is 9.09. The zero-order valence-electron chi connectivity index (χ0n) is 11.0. The molecule has 1 amide bonds. The van der Waals surface area contributed by atoms with E-state index < -0.39 is 4.92 Å². The Balaban J connectivity index is 2.17. The summed E-state index contributed by atoms with van der Waals surface area (Å²) in [4.78, 5) is 22.4. The molecule has 1 atom stereocenters. The van der Waals surface area contributed by atoms with Crippen LogP contribution in [0.4, 0.5) is 5.69 Å². The van der Waals surface area contributed by atoms with Gasteiger partial charge in [-0.15, -0.1) is 0 Å². The second-order valence-electron chi connectivity index (χ2n) is 4.40. The van der Waals surface area contributed by atoms with E-state index in [1.807, 2.05) is 30.3 Å². The first-order chi connectivity index (χ1) is 10.1. The lowest BCUT2D eigenvalue weighted by Crippen LogP contribution is -2.29. The molecule has 2 aromatic rings. The molecule has 2 rings (SSSR count). The molecule has 0 bridgehead atoms. The number of alkyl halides is 1. The highest BCUT2D eigenvalue weighted by Gasteiger charge is 2.16. The van der Waals surface area contributed by atoms with Crippen LogP contribution in [0.25, 0.3) is 0 Å². The number of hydrogen-bond donors (Lipinski definition) is 1. The summed E-state index contributed by atoms with van der Waals surface area (Å²) >= 11 is 3.37. The van der Waals surface area contributed by atoms with Crippen LogP contribution in [0, 0.1) is 10.1 Å². The summed E-state index contributed by atoms with van der Waals surface area (Å²) in [5.74, 6) is -0.341. The first kappa shape index (κ1) is 15.2. The molecule has 21 heavy (non-hydrogen) atoms. The molecule has 1 unspecified atom stereocenters. The molecule has 5 nitrogen and oxygen atoms in total. The molecule has 0 aliphatic carbocycles. The van der Waals surface area contributed by atoms with Gasteiger partial charge in [0, 0.05) is 23.0 Å². The van der Waals surface area contributed by atoms with Crippen LogP contribution in [0.3, 0.4) is 0 Å². The minimum absolute atomic E-state index is 0.0993. The van der Waals surface area contributed by atoms with Crippen LogP contribution < -0.4 is 5.32 Å². The smallest absolute Gasteiger partial charge is 0.270 e. The van der Waals surface area contributed by atoms with Crippen LogP contribution in [-0.2, 0) is 0 Å². The van der Waals surface area contributed by atoms with Crippen LogP contribution in [0.15, 0.2) is 54.6 Å². The van der Waals surface area contributed by atoms with E-state index >= 15 is 0 Å². The van der Waals surface area contributed by atoms with Crippen LogP contribution in [0.1, 0.15) is 22.0 Å². The fourth-order valence-corrected chi connectivity index (χ4v) is 2.43. The Morgan fingerprint density at radius 2 is 1.90 bits per heavy atom. The van der Waals surface area contributed by atoms with E-state index in [1.54, 1.807) is 6.07 Å². The Hall–Kier alpha value is -2.21. The van der Waals surface area contributed by atoms with Gasteiger partial charge in [-0.05, 0) is 11.6 Å². The van der Waals surface area contributed by atoms with Crippen molar-refractivity contribution >= 4 is 27.5 Å². The molecular formula is C15H13BrN2O3. The maximum absolute atomic E-state index is 12.2. The van der Waals surface area contributed by atoms with E-state index in [-0.39, 0.29) is 23.2 Å². The van der Waals surface area contributed by atoms with Crippen molar-refractivity contribution in [3.05, 3.63) is 75.8 Å². The number of carbonyl (C=O) groups is 1. The lowest BCUT2D eigenvalue weighted by molar-refractivity contribution is -0.384. The van der Waals surface area contributed by atoms with Gasteiger partial charge < -0.3 is 5.32 Å². The van der Waals surface area contributed by atoms with Crippen molar-refractivity contribution in [3.8, 4) is 0 Å². The Bertz CT molecular complexity index is 646. The molecule has 2 aromatic carbocycles. The third kappa shape index (κ3) is 3.88. The molecule has 0 fully saturated rings. The van der Waals surface area contributed by atoms with Crippen LogP contribution in [0.2, 0.25) is 0 Å². The summed E-state index contributed by atoms with van der Waals surface area (Å²) in [6.07, 6.45) is 0. The SMILES string of the molecule is O=C(NC(CBr)c1ccccc1)c1cccc([N+](=O)[O-])c1. The lowest BCUT2D eigenvalue weighted by atomic mass is 10.1. The molecule has 0 aromatic heterocycles. The summed E-state index contributed by atoms with van der Waals surface area (Å²) in [6, 6.07) is 15.0. The lowest BCUT2D eigenvalue weighted by Gasteiger charge is -2.16. The minimum Gasteiger partial charge on any atom is -0.344 e. The third-order valence-electron chi connectivity index (χ3n) is 2.98. The molecule has 0 heterocycles. The summed E-state index contributed by atoms with van der Waals surface area (Å²) < 4.78 is 0. The fourth-order valence-electron chi connectivity index (χ4n) is 1.90. The van der Waals surface area contributed by atoms with Gasteiger partial charge in [-0.3, -0.25) is 14.9 Å². The van der Waals surface area contributed by atoms with E-state index in [9.17, 15) is 14.9 Å². The standard InChI is InChI=1S/C15H13BrN2O3/c16-10-14(11-5-2-1-3-6-11)17-15(19)12-7-4-8-13(9-12)18(20)21/h1-9,14H,10H2,(H,17,19). The van der Waals surface area contributed by atoms with Crippen molar-refractivity contribution in [2.75, 3.05) is 5.33 Å². The normalized spacial score (nSPS) is 11.7. The fraction of sp³-hybridized carbons (Fsp3) is 0.133. The highest BCUT2D eigenvalue weighted by atomic mass is 79.9. The number of halogens is 1. The molecule has 108 valence electrons. The number of nitrogens with one attached hydrogen (secondary N) is 1. The van der Waals surface area contributed by atoms with Gasteiger partial charge >= 0.3 is 0 Å².